The third kappa shape index (κ3) is 5.02. The quantitative estimate of drug-likeness (QED) is 0.167. The molecule has 1 aromatic heterocycles. The van der Waals surface area contributed by atoms with Gasteiger partial charge in [0, 0.05) is 51.0 Å². The van der Waals surface area contributed by atoms with Crippen LogP contribution in [0.2, 0.25) is 0 Å². The van der Waals surface area contributed by atoms with Crippen molar-refractivity contribution in [3.8, 4) is 33.4 Å². The zero-order valence-electron chi connectivity index (χ0n) is 33.7. The van der Waals surface area contributed by atoms with Gasteiger partial charge in [0.2, 0.25) is 0 Å². The number of nitrogens with zero attached hydrogens (tertiary/aromatic N) is 5. The second-order valence-corrected chi connectivity index (χ2v) is 16.9. The maximum atomic E-state index is 15.0. The summed E-state index contributed by atoms with van der Waals surface area (Å²) in [5, 5.41) is 0. The van der Waals surface area contributed by atoms with Gasteiger partial charge < -0.3 is 9.80 Å². The molecule has 7 aromatic carbocycles. The molecule has 3 aliphatic rings. The Labute approximate surface area is 349 Å². The minimum Gasteiger partial charge on any atom is -0.309 e. The topological polar surface area (TPSA) is 53.7 Å². The van der Waals surface area contributed by atoms with Crippen molar-refractivity contribution in [3.63, 3.8) is 0 Å². The minimum absolute atomic E-state index is 0.0311. The Balaban J connectivity index is 1.21. The Hall–Kier alpha value is -7.62. The molecule has 1 aliphatic carbocycles. The highest BCUT2D eigenvalue weighted by Gasteiger charge is 2.41. The minimum atomic E-state index is -0.248. The molecule has 0 amide bonds. The number of para-hydroxylation sites is 4. The molecular weight excluding hydrogens is 735 g/mol. The van der Waals surface area contributed by atoms with Crippen molar-refractivity contribution >= 4 is 45.6 Å². The maximum absolute atomic E-state index is 15.0. The number of anilines is 6. The molecule has 0 fully saturated rings. The van der Waals surface area contributed by atoms with E-state index in [1.165, 1.54) is 28.6 Å². The number of hydrogen-bond donors (Lipinski definition) is 0. The SMILES string of the molecule is [C-]#[N+]c1ccc(-c2cc3c(cc2N2c4ccccc4C(C)(C)c4ccccc42)-c2cc(N4c5ccccc5C(C)(C)c5ccccc54)c(-c4cncnc4)cc2C3=O)cc1. The fourth-order valence-corrected chi connectivity index (χ4v) is 9.99. The number of carbonyl (C=O) groups excluding carboxylic acids is 1. The van der Waals surface area contributed by atoms with Gasteiger partial charge in [0.25, 0.3) is 0 Å². The molecule has 0 N–H and O–H groups in total. The standard InChI is InChI=1S/C54H39N5O/c1-53(2)42-14-6-10-18-46(42)58(47-19-11-7-15-43(47)53)50-28-38-39-29-51(59-48-20-12-8-16-44(48)54(3,4)45-17-9-13-21-49(45)59)37(34-30-56-32-57-31-34)27-41(39)52(60)40(38)26-36(50)33-22-24-35(55-5)25-23-33/h6-32H,1-4H3. The number of rotatable bonds is 4. The van der Waals surface area contributed by atoms with Gasteiger partial charge in [-0.1, -0.05) is 125 Å². The van der Waals surface area contributed by atoms with Gasteiger partial charge in [-0.3, -0.25) is 4.79 Å². The molecule has 11 rings (SSSR count). The van der Waals surface area contributed by atoms with E-state index < -0.39 is 0 Å². The molecule has 2 aliphatic heterocycles. The van der Waals surface area contributed by atoms with Crippen LogP contribution in [0.5, 0.6) is 0 Å². The Kier molecular flexibility index (Phi) is 7.67. The van der Waals surface area contributed by atoms with Crippen LogP contribution in [0.3, 0.4) is 0 Å². The Morgan fingerprint density at radius 1 is 0.450 bits per heavy atom. The van der Waals surface area contributed by atoms with Gasteiger partial charge in [0.1, 0.15) is 6.33 Å². The molecule has 6 nitrogen and oxygen atoms in total. The van der Waals surface area contributed by atoms with Crippen molar-refractivity contribution in [3.05, 3.63) is 209 Å². The summed E-state index contributed by atoms with van der Waals surface area (Å²) in [4.78, 5) is 32.3. The zero-order chi connectivity index (χ0) is 40.9. The van der Waals surface area contributed by atoms with Crippen molar-refractivity contribution in [1.29, 1.82) is 0 Å². The summed E-state index contributed by atoms with van der Waals surface area (Å²) in [5.41, 5.74) is 17.8. The van der Waals surface area contributed by atoms with E-state index in [2.05, 4.69) is 174 Å². The summed E-state index contributed by atoms with van der Waals surface area (Å²) in [7, 11) is 0. The average Bonchev–Trinajstić information content (AvgIpc) is 3.55. The highest BCUT2D eigenvalue weighted by Crippen LogP contribution is 2.58. The van der Waals surface area contributed by atoms with E-state index in [9.17, 15) is 4.79 Å². The molecular formula is C54H39N5O. The van der Waals surface area contributed by atoms with Crippen LogP contribution in [-0.4, -0.2) is 15.8 Å². The van der Waals surface area contributed by atoms with Gasteiger partial charge in [0.15, 0.2) is 11.5 Å². The molecule has 0 radical (unpaired) electrons. The van der Waals surface area contributed by atoms with E-state index in [1.807, 2.05) is 36.7 Å². The van der Waals surface area contributed by atoms with Gasteiger partial charge in [-0.25, -0.2) is 14.8 Å². The van der Waals surface area contributed by atoms with Crippen molar-refractivity contribution < 1.29 is 4.79 Å². The first-order valence-corrected chi connectivity index (χ1v) is 20.3. The van der Waals surface area contributed by atoms with Crippen LogP contribution in [0.4, 0.5) is 39.8 Å². The lowest BCUT2D eigenvalue weighted by atomic mass is 9.73. The van der Waals surface area contributed by atoms with Gasteiger partial charge in [-0.15, -0.1) is 0 Å². The number of aromatic nitrogens is 2. The third-order valence-electron chi connectivity index (χ3n) is 13.0. The normalized spacial score (nSPS) is 14.9. The highest BCUT2D eigenvalue weighted by molar-refractivity contribution is 6.24. The van der Waals surface area contributed by atoms with E-state index in [0.29, 0.717) is 16.8 Å². The summed E-state index contributed by atoms with van der Waals surface area (Å²) in [6, 6.07) is 50.8. The monoisotopic (exact) mass is 773 g/mol. The fourth-order valence-electron chi connectivity index (χ4n) is 9.99. The molecule has 286 valence electrons. The Bertz CT molecular complexity index is 3040. The molecule has 0 saturated carbocycles. The van der Waals surface area contributed by atoms with Gasteiger partial charge in [0.05, 0.1) is 40.7 Å². The van der Waals surface area contributed by atoms with Crippen molar-refractivity contribution in [2.45, 2.75) is 38.5 Å². The fraction of sp³-hybridized carbons (Fsp3) is 0.111. The molecule has 6 heteroatoms. The molecule has 0 atom stereocenters. The van der Waals surface area contributed by atoms with Crippen LogP contribution >= 0.6 is 0 Å². The predicted molar refractivity (Wildman–Crippen MR) is 242 cm³/mol. The predicted octanol–water partition coefficient (Wildman–Crippen LogP) is 13.8. The Morgan fingerprint density at radius 2 is 0.833 bits per heavy atom. The van der Waals surface area contributed by atoms with Crippen molar-refractivity contribution in [2.24, 2.45) is 0 Å². The number of fused-ring (bicyclic) bond motifs is 7. The van der Waals surface area contributed by atoms with Gasteiger partial charge in [-0.05, 0) is 87.5 Å². The smallest absolute Gasteiger partial charge is 0.194 e. The summed E-state index contributed by atoms with van der Waals surface area (Å²) >= 11 is 0. The summed E-state index contributed by atoms with van der Waals surface area (Å²) in [5.74, 6) is -0.0311. The highest BCUT2D eigenvalue weighted by atomic mass is 16.1. The number of ketones is 1. The lowest BCUT2D eigenvalue weighted by Crippen LogP contribution is -2.30. The first-order chi connectivity index (χ1) is 29.2. The van der Waals surface area contributed by atoms with E-state index in [4.69, 9.17) is 6.57 Å². The molecule has 0 spiro atoms. The second-order valence-electron chi connectivity index (χ2n) is 16.9. The first-order valence-electron chi connectivity index (χ1n) is 20.3. The Morgan fingerprint density at radius 3 is 1.23 bits per heavy atom. The lowest BCUT2D eigenvalue weighted by Gasteiger charge is -2.43. The molecule has 3 heterocycles. The largest absolute Gasteiger partial charge is 0.309 e. The summed E-state index contributed by atoms with van der Waals surface area (Å²) in [6.45, 7) is 16.8. The van der Waals surface area contributed by atoms with Crippen molar-refractivity contribution in [2.75, 3.05) is 9.80 Å². The number of hydrogen-bond acceptors (Lipinski definition) is 5. The molecule has 8 aromatic rings. The van der Waals surface area contributed by atoms with Crippen LogP contribution in [0.1, 0.15) is 65.9 Å². The van der Waals surface area contributed by atoms with Crippen LogP contribution < -0.4 is 9.80 Å². The van der Waals surface area contributed by atoms with E-state index in [0.717, 1.165) is 67.5 Å². The molecule has 0 unspecified atom stereocenters. The summed E-state index contributed by atoms with van der Waals surface area (Å²) in [6.07, 6.45) is 5.19. The van der Waals surface area contributed by atoms with Crippen LogP contribution in [0, 0.1) is 6.57 Å². The number of carbonyl (C=O) groups is 1. The van der Waals surface area contributed by atoms with Crippen LogP contribution in [-0.2, 0) is 10.8 Å². The number of benzene rings is 7. The van der Waals surface area contributed by atoms with Gasteiger partial charge in [-0.2, -0.15) is 0 Å². The molecule has 0 saturated heterocycles. The summed E-state index contributed by atoms with van der Waals surface area (Å²) < 4.78 is 0. The molecule has 0 bridgehead atoms. The average molecular weight is 774 g/mol. The lowest BCUT2D eigenvalue weighted by molar-refractivity contribution is 0.104. The second kappa shape index (κ2) is 12.9. The van der Waals surface area contributed by atoms with Crippen LogP contribution in [0.25, 0.3) is 38.2 Å². The van der Waals surface area contributed by atoms with E-state index >= 15 is 0 Å². The van der Waals surface area contributed by atoms with Gasteiger partial charge >= 0.3 is 0 Å². The molecule has 60 heavy (non-hydrogen) atoms. The maximum Gasteiger partial charge on any atom is 0.194 e. The van der Waals surface area contributed by atoms with E-state index in [1.54, 1.807) is 0 Å². The van der Waals surface area contributed by atoms with Crippen molar-refractivity contribution in [1.82, 2.24) is 9.97 Å². The third-order valence-corrected chi connectivity index (χ3v) is 13.0. The first kappa shape index (κ1) is 35.5. The van der Waals surface area contributed by atoms with E-state index in [-0.39, 0.29) is 16.6 Å². The zero-order valence-corrected chi connectivity index (χ0v) is 33.7. The van der Waals surface area contributed by atoms with Crippen LogP contribution in [0.15, 0.2) is 164 Å².